The van der Waals surface area contributed by atoms with Crippen molar-refractivity contribution in [2.75, 3.05) is 13.2 Å². The van der Waals surface area contributed by atoms with Crippen LogP contribution in [0.4, 0.5) is 0 Å². The molecule has 1 N–H and O–H groups in total. The van der Waals surface area contributed by atoms with Crippen molar-refractivity contribution < 1.29 is 4.74 Å². The van der Waals surface area contributed by atoms with Gasteiger partial charge in [0.2, 0.25) is 0 Å². The molecule has 0 saturated heterocycles. The topological polar surface area (TPSA) is 34.2 Å². The molecule has 0 aliphatic heterocycles. The normalized spacial score (nSPS) is 19.8. The van der Waals surface area contributed by atoms with Gasteiger partial charge in [-0.3, -0.25) is 4.98 Å². The first-order chi connectivity index (χ1) is 9.73. The number of pyridine rings is 1. The lowest BCUT2D eigenvalue weighted by molar-refractivity contribution is -0.0911. The second-order valence-corrected chi connectivity index (χ2v) is 5.78. The van der Waals surface area contributed by atoms with E-state index in [2.05, 4.69) is 37.1 Å². The van der Waals surface area contributed by atoms with Crippen LogP contribution in [0.3, 0.4) is 0 Å². The predicted molar refractivity (Wildman–Crippen MR) is 82.8 cm³/mol. The van der Waals surface area contributed by atoms with Crippen molar-refractivity contribution in [2.24, 2.45) is 0 Å². The third kappa shape index (κ3) is 3.21. The third-order valence-corrected chi connectivity index (χ3v) is 4.46. The van der Waals surface area contributed by atoms with E-state index in [0.717, 1.165) is 26.0 Å². The van der Waals surface area contributed by atoms with Crippen LogP contribution in [0.15, 0.2) is 18.5 Å². The van der Waals surface area contributed by atoms with Crippen molar-refractivity contribution in [3.8, 4) is 0 Å². The number of ether oxygens (including phenoxy) is 1. The fourth-order valence-corrected chi connectivity index (χ4v) is 3.52. The summed E-state index contributed by atoms with van der Waals surface area (Å²) in [6.07, 6.45) is 10.0. The van der Waals surface area contributed by atoms with E-state index in [1.165, 1.54) is 30.4 Å². The zero-order valence-electron chi connectivity index (χ0n) is 13.1. The van der Waals surface area contributed by atoms with E-state index in [0.29, 0.717) is 0 Å². The maximum atomic E-state index is 6.30. The molecule has 20 heavy (non-hydrogen) atoms. The maximum absolute atomic E-state index is 6.30. The minimum Gasteiger partial charge on any atom is -0.373 e. The van der Waals surface area contributed by atoms with Gasteiger partial charge in [-0.2, -0.15) is 0 Å². The number of nitrogens with one attached hydrogen (secondary N) is 1. The zero-order valence-corrected chi connectivity index (χ0v) is 13.1. The molecule has 1 aliphatic carbocycles. The molecule has 1 aromatic rings. The second-order valence-electron chi connectivity index (χ2n) is 5.78. The highest BCUT2D eigenvalue weighted by Gasteiger charge is 2.41. The number of rotatable bonds is 6. The molecule has 1 atom stereocenters. The van der Waals surface area contributed by atoms with E-state index in [-0.39, 0.29) is 11.6 Å². The quantitative estimate of drug-likeness (QED) is 0.858. The molecule has 1 aromatic heterocycles. The smallest absolute Gasteiger partial charge is 0.0876 e. The van der Waals surface area contributed by atoms with Crippen molar-refractivity contribution in [2.45, 2.75) is 64.5 Å². The Kier molecular flexibility index (Phi) is 5.55. The lowest BCUT2D eigenvalue weighted by Gasteiger charge is -2.44. The average molecular weight is 276 g/mol. The summed E-state index contributed by atoms with van der Waals surface area (Å²) in [6.45, 7) is 8.18. The van der Waals surface area contributed by atoms with Crippen LogP contribution >= 0.6 is 0 Å². The van der Waals surface area contributed by atoms with E-state index in [4.69, 9.17) is 4.74 Å². The molecule has 1 fully saturated rings. The molecule has 0 radical (unpaired) electrons. The van der Waals surface area contributed by atoms with E-state index >= 15 is 0 Å². The van der Waals surface area contributed by atoms with E-state index in [9.17, 15) is 0 Å². The highest BCUT2D eigenvalue weighted by atomic mass is 16.5. The first-order valence-electron chi connectivity index (χ1n) is 8.01. The van der Waals surface area contributed by atoms with Gasteiger partial charge in [0.25, 0.3) is 0 Å². The molecule has 112 valence electrons. The Morgan fingerprint density at radius 2 is 2.05 bits per heavy atom. The number of hydrogen-bond donors (Lipinski definition) is 1. The molecule has 0 amide bonds. The average Bonchev–Trinajstić information content (AvgIpc) is 2.47. The SMILES string of the molecule is CCNC(c1cnccc1C)C1(OCC)CCCCC1. The number of aromatic nitrogens is 1. The van der Waals surface area contributed by atoms with Crippen LogP contribution in [-0.2, 0) is 4.74 Å². The van der Waals surface area contributed by atoms with Crippen LogP contribution in [-0.4, -0.2) is 23.7 Å². The van der Waals surface area contributed by atoms with Gasteiger partial charge < -0.3 is 10.1 Å². The number of nitrogens with zero attached hydrogens (tertiary/aromatic N) is 1. The molecule has 0 aromatic carbocycles. The van der Waals surface area contributed by atoms with Gasteiger partial charge in [0.05, 0.1) is 11.6 Å². The summed E-state index contributed by atoms with van der Waals surface area (Å²) in [4.78, 5) is 4.34. The van der Waals surface area contributed by atoms with Gasteiger partial charge in [-0.15, -0.1) is 0 Å². The van der Waals surface area contributed by atoms with Gasteiger partial charge in [0.15, 0.2) is 0 Å². The fraction of sp³-hybridized carbons (Fsp3) is 0.706. The Balaban J connectivity index is 2.36. The number of aryl methyl sites for hydroxylation is 1. The first-order valence-corrected chi connectivity index (χ1v) is 8.01. The van der Waals surface area contributed by atoms with Crippen molar-refractivity contribution in [3.63, 3.8) is 0 Å². The molecule has 1 aliphatic rings. The summed E-state index contributed by atoms with van der Waals surface area (Å²) < 4.78 is 6.30. The van der Waals surface area contributed by atoms with Crippen LogP contribution in [0.2, 0.25) is 0 Å². The molecule has 0 spiro atoms. The summed E-state index contributed by atoms with van der Waals surface area (Å²) in [5.74, 6) is 0. The van der Waals surface area contributed by atoms with Crippen molar-refractivity contribution in [1.29, 1.82) is 0 Å². The minimum atomic E-state index is -0.0587. The van der Waals surface area contributed by atoms with Crippen LogP contribution in [0.1, 0.15) is 63.1 Å². The molecular weight excluding hydrogens is 248 g/mol. The van der Waals surface area contributed by atoms with Gasteiger partial charge in [0, 0.05) is 19.0 Å². The zero-order chi connectivity index (χ0) is 14.4. The van der Waals surface area contributed by atoms with E-state index < -0.39 is 0 Å². The minimum absolute atomic E-state index is 0.0587. The van der Waals surface area contributed by atoms with Gasteiger partial charge in [-0.25, -0.2) is 0 Å². The lowest BCUT2D eigenvalue weighted by atomic mass is 9.76. The monoisotopic (exact) mass is 276 g/mol. The highest BCUT2D eigenvalue weighted by molar-refractivity contribution is 5.28. The molecule has 1 heterocycles. The molecule has 1 saturated carbocycles. The predicted octanol–water partition coefficient (Wildman–Crippen LogP) is 3.78. The first kappa shape index (κ1) is 15.5. The van der Waals surface area contributed by atoms with Crippen LogP contribution in [0, 0.1) is 6.92 Å². The third-order valence-electron chi connectivity index (χ3n) is 4.46. The molecular formula is C17H28N2O. The summed E-state index contributed by atoms with van der Waals surface area (Å²) in [5, 5.41) is 3.67. The Morgan fingerprint density at radius 3 is 2.65 bits per heavy atom. The van der Waals surface area contributed by atoms with Crippen LogP contribution < -0.4 is 5.32 Å². The number of likely N-dealkylation sites (N-methyl/N-ethyl adjacent to an activating group) is 1. The van der Waals surface area contributed by atoms with Crippen LogP contribution in [0.5, 0.6) is 0 Å². The van der Waals surface area contributed by atoms with Crippen molar-refractivity contribution in [1.82, 2.24) is 10.3 Å². The highest BCUT2D eigenvalue weighted by Crippen LogP contribution is 2.42. The molecule has 3 nitrogen and oxygen atoms in total. The van der Waals surface area contributed by atoms with E-state index in [1.54, 1.807) is 0 Å². The Labute approximate surface area is 123 Å². The summed E-state index contributed by atoms with van der Waals surface area (Å²) in [7, 11) is 0. The van der Waals surface area contributed by atoms with Gasteiger partial charge in [-0.05, 0) is 50.4 Å². The Morgan fingerprint density at radius 1 is 1.30 bits per heavy atom. The fourth-order valence-electron chi connectivity index (χ4n) is 3.52. The van der Waals surface area contributed by atoms with E-state index in [1.807, 2.05) is 12.4 Å². The molecule has 3 heteroatoms. The number of hydrogen-bond acceptors (Lipinski definition) is 3. The molecule has 0 bridgehead atoms. The van der Waals surface area contributed by atoms with Crippen molar-refractivity contribution >= 4 is 0 Å². The van der Waals surface area contributed by atoms with Gasteiger partial charge >= 0.3 is 0 Å². The Hall–Kier alpha value is -0.930. The van der Waals surface area contributed by atoms with Crippen LogP contribution in [0.25, 0.3) is 0 Å². The Bertz CT molecular complexity index is 408. The lowest BCUT2D eigenvalue weighted by Crippen LogP contribution is -2.48. The second kappa shape index (κ2) is 7.19. The summed E-state index contributed by atoms with van der Waals surface area (Å²) in [5.41, 5.74) is 2.54. The molecule has 2 rings (SSSR count). The largest absolute Gasteiger partial charge is 0.373 e. The maximum Gasteiger partial charge on any atom is 0.0876 e. The van der Waals surface area contributed by atoms with Crippen molar-refractivity contribution in [3.05, 3.63) is 29.6 Å². The standard InChI is InChI=1S/C17H28N2O/c1-4-19-16(15-13-18-12-9-14(15)3)17(20-5-2)10-7-6-8-11-17/h9,12-13,16,19H,4-8,10-11H2,1-3H3. The summed E-state index contributed by atoms with van der Waals surface area (Å²) in [6, 6.07) is 2.35. The molecule has 1 unspecified atom stereocenters. The van der Waals surface area contributed by atoms with Gasteiger partial charge in [0.1, 0.15) is 0 Å². The van der Waals surface area contributed by atoms with Gasteiger partial charge in [-0.1, -0.05) is 26.2 Å². The summed E-state index contributed by atoms with van der Waals surface area (Å²) >= 11 is 0.